The lowest BCUT2D eigenvalue weighted by Crippen LogP contribution is -2.19. The summed E-state index contributed by atoms with van der Waals surface area (Å²) >= 11 is 0. The van der Waals surface area contributed by atoms with E-state index in [-0.39, 0.29) is 5.41 Å². The summed E-state index contributed by atoms with van der Waals surface area (Å²) in [5.74, 6) is 0. The van der Waals surface area contributed by atoms with Crippen LogP contribution in [0.15, 0.2) is 24.3 Å². The third kappa shape index (κ3) is 3.26. The van der Waals surface area contributed by atoms with Gasteiger partial charge in [0.05, 0.1) is 0 Å². The van der Waals surface area contributed by atoms with E-state index in [0.717, 1.165) is 6.54 Å². The van der Waals surface area contributed by atoms with Crippen LogP contribution in [-0.2, 0) is 5.41 Å². The molecule has 0 N–H and O–H groups in total. The Bertz CT molecular complexity index is 309. The molecule has 0 aliphatic carbocycles. The van der Waals surface area contributed by atoms with Crippen LogP contribution in [0.2, 0.25) is 0 Å². The van der Waals surface area contributed by atoms with E-state index in [0.29, 0.717) is 0 Å². The smallest absolute Gasteiger partial charge is 0.0366 e. The highest BCUT2D eigenvalue weighted by Crippen LogP contribution is 2.25. The quantitative estimate of drug-likeness (QED) is 0.725. The maximum Gasteiger partial charge on any atom is 0.0366 e. The minimum atomic E-state index is 0.239. The summed E-state index contributed by atoms with van der Waals surface area (Å²) in [6.07, 6.45) is 1.19. The van der Waals surface area contributed by atoms with Gasteiger partial charge in [0.1, 0.15) is 0 Å². The van der Waals surface area contributed by atoms with Crippen molar-refractivity contribution in [2.45, 2.75) is 39.5 Å². The molecule has 0 aliphatic rings. The highest BCUT2D eigenvalue weighted by Gasteiger charge is 2.14. The van der Waals surface area contributed by atoms with Crippen LogP contribution in [0, 0.1) is 0 Å². The molecule has 0 radical (unpaired) electrons. The maximum absolute atomic E-state index is 2.31. The highest BCUT2D eigenvalue weighted by molar-refractivity contribution is 5.49. The van der Waals surface area contributed by atoms with E-state index >= 15 is 0 Å². The predicted molar refractivity (Wildman–Crippen MR) is 68.7 cm³/mol. The van der Waals surface area contributed by atoms with Crippen molar-refractivity contribution < 1.29 is 0 Å². The SMILES string of the molecule is CCCN(C)c1cccc(C(C)(C)C)c1. The van der Waals surface area contributed by atoms with Gasteiger partial charge < -0.3 is 4.90 Å². The van der Waals surface area contributed by atoms with E-state index < -0.39 is 0 Å². The minimum Gasteiger partial charge on any atom is -0.375 e. The van der Waals surface area contributed by atoms with Gasteiger partial charge in [-0.25, -0.2) is 0 Å². The van der Waals surface area contributed by atoms with Crippen molar-refractivity contribution in [3.8, 4) is 0 Å². The van der Waals surface area contributed by atoms with Gasteiger partial charge in [-0.15, -0.1) is 0 Å². The Labute approximate surface area is 94.1 Å². The third-order valence-electron chi connectivity index (χ3n) is 2.71. The summed E-state index contributed by atoms with van der Waals surface area (Å²) < 4.78 is 0. The zero-order valence-electron chi connectivity index (χ0n) is 10.7. The van der Waals surface area contributed by atoms with Gasteiger partial charge in [0.2, 0.25) is 0 Å². The monoisotopic (exact) mass is 205 g/mol. The summed E-state index contributed by atoms with van der Waals surface area (Å²) in [6, 6.07) is 8.85. The van der Waals surface area contributed by atoms with Crippen LogP contribution in [0.1, 0.15) is 39.7 Å². The molecule has 0 unspecified atom stereocenters. The van der Waals surface area contributed by atoms with Crippen molar-refractivity contribution in [3.05, 3.63) is 29.8 Å². The van der Waals surface area contributed by atoms with Gasteiger partial charge in [-0.1, -0.05) is 39.8 Å². The van der Waals surface area contributed by atoms with Gasteiger partial charge in [0, 0.05) is 19.3 Å². The Hall–Kier alpha value is -0.980. The van der Waals surface area contributed by atoms with Crippen molar-refractivity contribution in [1.29, 1.82) is 0 Å². The fourth-order valence-corrected chi connectivity index (χ4v) is 1.67. The molecule has 0 fully saturated rings. The number of rotatable bonds is 3. The predicted octanol–water partition coefficient (Wildman–Crippen LogP) is 3.83. The average molecular weight is 205 g/mol. The Morgan fingerprint density at radius 2 is 1.87 bits per heavy atom. The van der Waals surface area contributed by atoms with Gasteiger partial charge in [-0.3, -0.25) is 0 Å². The van der Waals surface area contributed by atoms with Crippen LogP contribution >= 0.6 is 0 Å². The van der Waals surface area contributed by atoms with E-state index in [1.54, 1.807) is 0 Å². The van der Waals surface area contributed by atoms with Gasteiger partial charge in [0.15, 0.2) is 0 Å². The number of hydrogen-bond acceptors (Lipinski definition) is 1. The molecule has 0 amide bonds. The van der Waals surface area contributed by atoms with E-state index in [9.17, 15) is 0 Å². The Kier molecular flexibility index (Phi) is 3.78. The Morgan fingerprint density at radius 3 is 2.40 bits per heavy atom. The summed E-state index contributed by atoms with van der Waals surface area (Å²) in [5.41, 5.74) is 2.97. The summed E-state index contributed by atoms with van der Waals surface area (Å²) in [4.78, 5) is 2.31. The van der Waals surface area contributed by atoms with Crippen molar-refractivity contribution in [1.82, 2.24) is 0 Å². The summed E-state index contributed by atoms with van der Waals surface area (Å²) in [7, 11) is 2.16. The molecule has 1 nitrogen and oxygen atoms in total. The molecule has 0 bridgehead atoms. The fraction of sp³-hybridized carbons (Fsp3) is 0.571. The number of nitrogens with zero attached hydrogens (tertiary/aromatic N) is 1. The molecular weight excluding hydrogens is 182 g/mol. The minimum absolute atomic E-state index is 0.239. The molecule has 0 saturated carbocycles. The Balaban J connectivity index is 2.92. The lowest BCUT2D eigenvalue weighted by Gasteiger charge is -2.23. The molecule has 0 aliphatic heterocycles. The van der Waals surface area contributed by atoms with Crippen LogP contribution in [-0.4, -0.2) is 13.6 Å². The van der Waals surface area contributed by atoms with Gasteiger partial charge >= 0.3 is 0 Å². The van der Waals surface area contributed by atoms with E-state index in [1.807, 2.05) is 0 Å². The molecular formula is C14H23N. The van der Waals surface area contributed by atoms with E-state index in [1.165, 1.54) is 17.7 Å². The second-order valence-electron chi connectivity index (χ2n) is 5.22. The first kappa shape index (κ1) is 12.1. The number of hydrogen-bond donors (Lipinski definition) is 0. The normalized spacial score (nSPS) is 11.5. The maximum atomic E-state index is 2.31. The van der Waals surface area contributed by atoms with Gasteiger partial charge in [-0.2, -0.15) is 0 Å². The van der Waals surface area contributed by atoms with E-state index in [2.05, 4.69) is 63.9 Å². The van der Waals surface area contributed by atoms with Crippen molar-refractivity contribution in [2.24, 2.45) is 0 Å². The topological polar surface area (TPSA) is 3.24 Å². The molecule has 1 aromatic carbocycles. The molecule has 84 valence electrons. The molecule has 0 saturated heterocycles. The van der Waals surface area contributed by atoms with Gasteiger partial charge in [0.25, 0.3) is 0 Å². The van der Waals surface area contributed by atoms with Crippen molar-refractivity contribution in [2.75, 3.05) is 18.5 Å². The average Bonchev–Trinajstić information content (AvgIpc) is 2.17. The van der Waals surface area contributed by atoms with Crippen molar-refractivity contribution >= 4 is 5.69 Å². The van der Waals surface area contributed by atoms with Crippen LogP contribution in [0.25, 0.3) is 0 Å². The van der Waals surface area contributed by atoms with Crippen LogP contribution < -0.4 is 4.90 Å². The van der Waals surface area contributed by atoms with Crippen molar-refractivity contribution in [3.63, 3.8) is 0 Å². The zero-order chi connectivity index (χ0) is 11.5. The molecule has 0 atom stereocenters. The van der Waals surface area contributed by atoms with Crippen LogP contribution in [0.3, 0.4) is 0 Å². The molecule has 15 heavy (non-hydrogen) atoms. The first-order valence-electron chi connectivity index (χ1n) is 5.77. The molecule has 1 aromatic rings. The first-order valence-corrected chi connectivity index (χ1v) is 5.77. The molecule has 0 heterocycles. The van der Waals surface area contributed by atoms with E-state index in [4.69, 9.17) is 0 Å². The zero-order valence-corrected chi connectivity index (χ0v) is 10.7. The summed E-state index contributed by atoms with van der Waals surface area (Å²) in [5, 5.41) is 0. The van der Waals surface area contributed by atoms with Gasteiger partial charge in [-0.05, 0) is 29.5 Å². The number of benzene rings is 1. The molecule has 0 aromatic heterocycles. The molecule has 1 heteroatoms. The summed E-state index contributed by atoms with van der Waals surface area (Å²) in [6.45, 7) is 10.1. The molecule has 0 spiro atoms. The second-order valence-corrected chi connectivity index (χ2v) is 5.22. The lowest BCUT2D eigenvalue weighted by molar-refractivity contribution is 0.590. The highest BCUT2D eigenvalue weighted by atomic mass is 15.1. The second kappa shape index (κ2) is 4.69. The fourth-order valence-electron chi connectivity index (χ4n) is 1.67. The molecule has 1 rings (SSSR count). The third-order valence-corrected chi connectivity index (χ3v) is 2.71. The number of anilines is 1. The largest absolute Gasteiger partial charge is 0.375 e. The van der Waals surface area contributed by atoms with Crippen LogP contribution in [0.5, 0.6) is 0 Å². The standard InChI is InChI=1S/C14H23N/c1-6-10-15(5)13-9-7-8-12(11-13)14(2,3)4/h7-9,11H,6,10H2,1-5H3. The lowest BCUT2D eigenvalue weighted by atomic mass is 9.87. The first-order chi connectivity index (χ1) is 6.95. The Morgan fingerprint density at radius 1 is 1.20 bits per heavy atom. The van der Waals surface area contributed by atoms with Crippen LogP contribution in [0.4, 0.5) is 5.69 Å².